The summed E-state index contributed by atoms with van der Waals surface area (Å²) in [4.78, 5) is 37.7. The SMILES string of the molecule is O=C1CCC2(CCN1)CCN(C(=O)Cc1ccc3c(c1)NC(=O)CO3)CC2. The van der Waals surface area contributed by atoms with Crippen molar-refractivity contribution in [3.63, 3.8) is 0 Å². The summed E-state index contributed by atoms with van der Waals surface area (Å²) in [7, 11) is 0. The van der Waals surface area contributed by atoms with Crippen molar-refractivity contribution < 1.29 is 19.1 Å². The highest BCUT2D eigenvalue weighted by molar-refractivity contribution is 5.95. The van der Waals surface area contributed by atoms with Gasteiger partial charge in [0, 0.05) is 26.1 Å². The van der Waals surface area contributed by atoms with E-state index in [-0.39, 0.29) is 29.7 Å². The molecule has 1 spiro atoms. The van der Waals surface area contributed by atoms with Crippen LogP contribution in [0.4, 0.5) is 5.69 Å². The van der Waals surface area contributed by atoms with Gasteiger partial charge in [-0.15, -0.1) is 0 Å². The maximum absolute atomic E-state index is 12.7. The molecule has 7 heteroatoms. The predicted molar refractivity (Wildman–Crippen MR) is 99.4 cm³/mol. The van der Waals surface area contributed by atoms with Gasteiger partial charge in [-0.25, -0.2) is 0 Å². The zero-order valence-electron chi connectivity index (χ0n) is 15.4. The van der Waals surface area contributed by atoms with Crippen LogP contribution in [-0.2, 0) is 20.8 Å². The molecule has 3 aliphatic heterocycles. The van der Waals surface area contributed by atoms with Crippen molar-refractivity contribution >= 4 is 23.4 Å². The zero-order chi connectivity index (χ0) is 18.9. The third-order valence-corrected chi connectivity index (χ3v) is 6.07. The van der Waals surface area contributed by atoms with Gasteiger partial charge >= 0.3 is 0 Å². The van der Waals surface area contributed by atoms with Crippen LogP contribution in [0.3, 0.4) is 0 Å². The molecule has 0 aliphatic carbocycles. The van der Waals surface area contributed by atoms with Gasteiger partial charge in [0.05, 0.1) is 12.1 Å². The van der Waals surface area contributed by atoms with E-state index in [1.54, 1.807) is 6.07 Å². The molecule has 2 N–H and O–H groups in total. The summed E-state index contributed by atoms with van der Waals surface area (Å²) in [5.41, 5.74) is 1.70. The average Bonchev–Trinajstić information content (AvgIpc) is 2.84. The number of ether oxygens (including phenoxy) is 1. The van der Waals surface area contributed by atoms with Crippen molar-refractivity contribution in [3.8, 4) is 5.75 Å². The molecule has 3 heterocycles. The molecule has 144 valence electrons. The first kappa shape index (κ1) is 17.8. The fourth-order valence-electron chi connectivity index (χ4n) is 4.32. The van der Waals surface area contributed by atoms with Gasteiger partial charge in [0.25, 0.3) is 5.91 Å². The number of carbonyl (C=O) groups is 3. The van der Waals surface area contributed by atoms with Crippen LogP contribution in [0.25, 0.3) is 0 Å². The summed E-state index contributed by atoms with van der Waals surface area (Å²) in [6, 6.07) is 5.50. The van der Waals surface area contributed by atoms with Gasteiger partial charge in [-0.1, -0.05) is 6.07 Å². The average molecular weight is 371 g/mol. The number of hydrogen-bond donors (Lipinski definition) is 2. The lowest BCUT2D eigenvalue weighted by Crippen LogP contribution is -2.44. The number of hydrogen-bond acceptors (Lipinski definition) is 4. The second kappa shape index (κ2) is 7.21. The van der Waals surface area contributed by atoms with Crippen molar-refractivity contribution in [2.24, 2.45) is 5.41 Å². The maximum Gasteiger partial charge on any atom is 0.262 e. The Hall–Kier alpha value is -2.57. The molecule has 27 heavy (non-hydrogen) atoms. The quantitative estimate of drug-likeness (QED) is 0.824. The van der Waals surface area contributed by atoms with Crippen LogP contribution in [0.5, 0.6) is 5.75 Å². The van der Waals surface area contributed by atoms with Crippen molar-refractivity contribution in [2.45, 2.75) is 38.5 Å². The Morgan fingerprint density at radius 1 is 1.11 bits per heavy atom. The normalized spacial score (nSPS) is 21.6. The lowest BCUT2D eigenvalue weighted by Gasteiger charge is -2.41. The number of amides is 3. The highest BCUT2D eigenvalue weighted by Gasteiger charge is 2.37. The van der Waals surface area contributed by atoms with Crippen LogP contribution in [0.2, 0.25) is 0 Å². The van der Waals surface area contributed by atoms with Crippen LogP contribution in [0.15, 0.2) is 18.2 Å². The van der Waals surface area contributed by atoms with E-state index in [2.05, 4.69) is 10.6 Å². The Balaban J connectivity index is 1.35. The minimum Gasteiger partial charge on any atom is -0.482 e. The lowest BCUT2D eigenvalue weighted by atomic mass is 9.73. The Labute approximate surface area is 158 Å². The molecule has 1 aromatic carbocycles. The third-order valence-electron chi connectivity index (χ3n) is 6.07. The van der Waals surface area contributed by atoms with E-state index in [9.17, 15) is 14.4 Å². The number of anilines is 1. The van der Waals surface area contributed by atoms with Crippen LogP contribution in [0, 0.1) is 5.41 Å². The number of carbonyl (C=O) groups excluding carboxylic acids is 3. The predicted octanol–water partition coefficient (Wildman–Crippen LogP) is 1.47. The van der Waals surface area contributed by atoms with Crippen LogP contribution >= 0.6 is 0 Å². The maximum atomic E-state index is 12.7. The number of nitrogens with zero attached hydrogens (tertiary/aromatic N) is 1. The van der Waals surface area contributed by atoms with E-state index in [0.717, 1.165) is 50.9 Å². The topological polar surface area (TPSA) is 87.7 Å². The summed E-state index contributed by atoms with van der Waals surface area (Å²) >= 11 is 0. The van der Waals surface area contributed by atoms with Gasteiger partial charge in [0.2, 0.25) is 11.8 Å². The van der Waals surface area contributed by atoms with Gasteiger partial charge in [-0.05, 0) is 48.8 Å². The zero-order valence-corrected chi connectivity index (χ0v) is 15.4. The number of likely N-dealkylation sites (tertiary alicyclic amines) is 1. The van der Waals surface area contributed by atoms with Crippen LogP contribution in [-0.4, -0.2) is 48.9 Å². The Bertz CT molecular complexity index is 768. The van der Waals surface area contributed by atoms with Crippen LogP contribution in [0.1, 0.15) is 37.7 Å². The van der Waals surface area contributed by atoms with Crippen molar-refractivity contribution in [2.75, 3.05) is 31.6 Å². The summed E-state index contributed by atoms with van der Waals surface area (Å²) in [6.45, 7) is 2.27. The second-order valence-corrected chi connectivity index (χ2v) is 7.82. The van der Waals surface area contributed by atoms with E-state index < -0.39 is 0 Å². The number of nitrogens with one attached hydrogen (secondary N) is 2. The van der Waals surface area contributed by atoms with Crippen molar-refractivity contribution in [1.82, 2.24) is 10.2 Å². The van der Waals surface area contributed by atoms with Gasteiger partial charge in [0.1, 0.15) is 5.75 Å². The molecule has 2 saturated heterocycles. The molecule has 1 aromatic rings. The molecule has 3 aliphatic rings. The number of rotatable bonds is 2. The summed E-state index contributed by atoms with van der Waals surface area (Å²) in [6.07, 6.45) is 4.76. The molecule has 7 nitrogen and oxygen atoms in total. The highest BCUT2D eigenvalue weighted by atomic mass is 16.5. The molecule has 4 rings (SSSR count). The monoisotopic (exact) mass is 371 g/mol. The van der Waals surface area contributed by atoms with E-state index in [1.807, 2.05) is 17.0 Å². The Morgan fingerprint density at radius 2 is 1.93 bits per heavy atom. The van der Waals surface area contributed by atoms with E-state index >= 15 is 0 Å². The van der Waals surface area contributed by atoms with Crippen molar-refractivity contribution in [3.05, 3.63) is 23.8 Å². The third kappa shape index (κ3) is 3.91. The van der Waals surface area contributed by atoms with Gasteiger partial charge in [0.15, 0.2) is 6.61 Å². The molecule has 0 radical (unpaired) electrons. The van der Waals surface area contributed by atoms with Gasteiger partial charge < -0.3 is 20.3 Å². The largest absolute Gasteiger partial charge is 0.482 e. The first-order chi connectivity index (χ1) is 13.0. The molecule has 0 aromatic heterocycles. The van der Waals surface area contributed by atoms with E-state index in [0.29, 0.717) is 24.3 Å². The first-order valence-corrected chi connectivity index (χ1v) is 9.63. The fourth-order valence-corrected chi connectivity index (χ4v) is 4.32. The highest BCUT2D eigenvalue weighted by Crippen LogP contribution is 2.40. The fraction of sp³-hybridized carbons (Fsp3) is 0.550. The Kier molecular flexibility index (Phi) is 4.76. The smallest absolute Gasteiger partial charge is 0.262 e. The number of benzene rings is 1. The van der Waals surface area contributed by atoms with Gasteiger partial charge in [-0.2, -0.15) is 0 Å². The number of fused-ring (bicyclic) bond motifs is 1. The molecule has 0 bridgehead atoms. The molecule has 2 fully saturated rings. The minimum absolute atomic E-state index is 0.0297. The van der Waals surface area contributed by atoms with Crippen molar-refractivity contribution in [1.29, 1.82) is 0 Å². The van der Waals surface area contributed by atoms with Gasteiger partial charge in [-0.3, -0.25) is 14.4 Å². The van der Waals surface area contributed by atoms with E-state index in [1.165, 1.54) is 0 Å². The number of piperidine rings is 1. The standard InChI is InChI=1S/C20H25N3O4/c24-17-3-4-20(5-8-21-17)6-9-23(10-7-20)19(26)12-14-1-2-16-15(11-14)22-18(25)13-27-16/h1-2,11H,3-10,12-13H2,(H,21,24)(H,22,25). The lowest BCUT2D eigenvalue weighted by molar-refractivity contribution is -0.133. The first-order valence-electron chi connectivity index (χ1n) is 9.63. The molecular weight excluding hydrogens is 346 g/mol. The molecule has 0 saturated carbocycles. The summed E-state index contributed by atoms with van der Waals surface area (Å²) in [5.74, 6) is 0.718. The Morgan fingerprint density at radius 3 is 2.74 bits per heavy atom. The van der Waals surface area contributed by atoms with Crippen LogP contribution < -0.4 is 15.4 Å². The molecular formula is C20H25N3O4. The molecule has 0 unspecified atom stereocenters. The minimum atomic E-state index is -0.177. The summed E-state index contributed by atoms with van der Waals surface area (Å²) in [5, 5.41) is 5.73. The second-order valence-electron chi connectivity index (χ2n) is 7.82. The summed E-state index contributed by atoms with van der Waals surface area (Å²) < 4.78 is 5.36. The molecule has 3 amide bonds. The van der Waals surface area contributed by atoms with E-state index in [4.69, 9.17) is 4.74 Å². The molecule has 0 atom stereocenters.